The van der Waals surface area contributed by atoms with Gasteiger partial charge in [0.25, 0.3) is 0 Å². The molecule has 0 saturated heterocycles. The van der Waals surface area contributed by atoms with Crippen LogP contribution in [0.15, 0.2) is 74.4 Å². The summed E-state index contributed by atoms with van der Waals surface area (Å²) in [6, 6.07) is 8.64. The monoisotopic (exact) mass is 266 g/mol. The van der Waals surface area contributed by atoms with Gasteiger partial charge in [-0.05, 0) is 11.1 Å². The molecule has 0 aliphatic rings. The van der Waals surface area contributed by atoms with E-state index in [0.29, 0.717) is 0 Å². The highest BCUT2D eigenvalue weighted by atomic mass is 14.9. The molecule has 0 atom stereocenters. The third kappa shape index (κ3) is 3.89. The highest BCUT2D eigenvalue weighted by Crippen LogP contribution is 2.15. The molecule has 0 saturated carbocycles. The number of allylic oxidation sites excluding steroid dienone is 2. The molecular formula is C18H22N2+2. The third-order valence-corrected chi connectivity index (χ3v) is 3.30. The van der Waals surface area contributed by atoms with Crippen molar-refractivity contribution in [1.82, 2.24) is 0 Å². The van der Waals surface area contributed by atoms with Gasteiger partial charge in [-0.2, -0.15) is 0 Å². The predicted molar refractivity (Wildman–Crippen MR) is 81.9 cm³/mol. The van der Waals surface area contributed by atoms with Crippen molar-refractivity contribution < 1.29 is 9.13 Å². The number of nitrogens with zero attached hydrogens (tertiary/aromatic N) is 2. The van der Waals surface area contributed by atoms with Crippen LogP contribution in [-0.4, -0.2) is 0 Å². The molecule has 0 aliphatic carbocycles. The first-order chi connectivity index (χ1) is 9.83. The van der Waals surface area contributed by atoms with Gasteiger partial charge in [0.05, 0.1) is 0 Å². The van der Waals surface area contributed by atoms with E-state index in [-0.39, 0.29) is 0 Å². The minimum absolute atomic E-state index is 0.986. The normalized spacial score (nSPS) is 10.2. The molecule has 0 aromatic carbocycles. The fraction of sp³-hybridized carbons (Fsp3) is 0.222. The fourth-order valence-corrected chi connectivity index (χ4v) is 2.08. The van der Waals surface area contributed by atoms with E-state index >= 15 is 0 Å². The molecule has 0 aliphatic heterocycles. The number of rotatable bonds is 7. The van der Waals surface area contributed by atoms with Crippen molar-refractivity contribution >= 4 is 0 Å². The van der Waals surface area contributed by atoms with Gasteiger partial charge in [-0.15, -0.1) is 13.2 Å². The number of hydrogen-bond acceptors (Lipinski definition) is 0. The second kappa shape index (κ2) is 7.39. The highest BCUT2D eigenvalue weighted by molar-refractivity contribution is 5.60. The van der Waals surface area contributed by atoms with Gasteiger partial charge >= 0.3 is 0 Å². The predicted octanol–water partition coefficient (Wildman–Crippen LogP) is 3.08. The molecular weight excluding hydrogens is 244 g/mol. The van der Waals surface area contributed by atoms with Crippen LogP contribution in [0.2, 0.25) is 0 Å². The zero-order valence-electron chi connectivity index (χ0n) is 11.9. The van der Waals surface area contributed by atoms with Gasteiger partial charge < -0.3 is 0 Å². The summed E-state index contributed by atoms with van der Waals surface area (Å²) >= 11 is 0. The van der Waals surface area contributed by atoms with E-state index in [4.69, 9.17) is 0 Å². The number of pyridine rings is 2. The van der Waals surface area contributed by atoms with Crippen molar-refractivity contribution in [2.45, 2.75) is 25.9 Å². The van der Waals surface area contributed by atoms with E-state index in [1.165, 1.54) is 11.1 Å². The molecule has 0 bridgehead atoms. The topological polar surface area (TPSA) is 7.76 Å². The van der Waals surface area contributed by atoms with Gasteiger partial charge in [-0.3, -0.25) is 0 Å². The lowest BCUT2D eigenvalue weighted by molar-refractivity contribution is -0.696. The second-order valence-corrected chi connectivity index (χ2v) is 4.80. The van der Waals surface area contributed by atoms with Gasteiger partial charge in [0.2, 0.25) is 0 Å². The SMILES string of the molecule is C=CCC[n+]1ccc(-c2cc[n+](CCC=C)cc2)cc1. The van der Waals surface area contributed by atoms with E-state index < -0.39 is 0 Å². The van der Waals surface area contributed by atoms with Gasteiger partial charge in [-0.1, -0.05) is 12.2 Å². The Morgan fingerprint density at radius 3 is 1.35 bits per heavy atom. The Morgan fingerprint density at radius 1 is 0.700 bits per heavy atom. The lowest BCUT2D eigenvalue weighted by Gasteiger charge is -2.00. The van der Waals surface area contributed by atoms with Crippen LogP contribution in [0.1, 0.15) is 12.8 Å². The molecule has 0 amide bonds. The van der Waals surface area contributed by atoms with E-state index in [1.54, 1.807) is 0 Å². The molecule has 102 valence electrons. The van der Waals surface area contributed by atoms with Crippen LogP contribution < -0.4 is 9.13 Å². The molecule has 0 unspecified atom stereocenters. The molecule has 2 nitrogen and oxygen atoms in total. The standard InChI is InChI=1S/C18H22N2/c1-3-5-11-19-13-7-17(8-14-19)18-9-15-20(16-10-18)12-6-4-2/h3-4,7-10,13-16H,1-2,5-6,11-12H2/q+2. The van der Waals surface area contributed by atoms with Crippen LogP contribution in [0, 0.1) is 0 Å². The molecule has 0 radical (unpaired) electrons. The van der Waals surface area contributed by atoms with Crippen LogP contribution in [0.3, 0.4) is 0 Å². The maximum atomic E-state index is 3.75. The summed E-state index contributed by atoms with van der Waals surface area (Å²) < 4.78 is 4.36. The molecule has 2 aromatic rings. The summed E-state index contributed by atoms with van der Waals surface area (Å²) in [5, 5.41) is 0. The molecule has 0 N–H and O–H groups in total. The number of aryl methyl sites for hydroxylation is 2. The summed E-state index contributed by atoms with van der Waals surface area (Å²) in [6.45, 7) is 9.47. The van der Waals surface area contributed by atoms with Gasteiger partial charge in [0, 0.05) is 37.1 Å². The fourth-order valence-electron chi connectivity index (χ4n) is 2.08. The molecule has 2 rings (SSSR count). The molecule has 20 heavy (non-hydrogen) atoms. The molecule has 0 fully saturated rings. The average molecular weight is 266 g/mol. The zero-order chi connectivity index (χ0) is 14.2. The third-order valence-electron chi connectivity index (χ3n) is 3.30. The van der Waals surface area contributed by atoms with Crippen LogP contribution in [0.25, 0.3) is 11.1 Å². The van der Waals surface area contributed by atoms with Gasteiger partial charge in [0.15, 0.2) is 37.9 Å². The first-order valence-electron chi connectivity index (χ1n) is 7.04. The summed E-state index contributed by atoms with van der Waals surface area (Å²) in [7, 11) is 0. The molecule has 2 heteroatoms. The first kappa shape index (κ1) is 14.2. The van der Waals surface area contributed by atoms with Crippen molar-refractivity contribution in [3.63, 3.8) is 0 Å². The van der Waals surface area contributed by atoms with Crippen LogP contribution in [0.4, 0.5) is 0 Å². The largest absolute Gasteiger partial charge is 0.205 e. The summed E-state index contributed by atoms with van der Waals surface area (Å²) in [6.07, 6.45) is 14.4. The number of aromatic nitrogens is 2. The average Bonchev–Trinajstić information content (AvgIpc) is 2.52. The quantitative estimate of drug-likeness (QED) is 0.537. The van der Waals surface area contributed by atoms with Crippen LogP contribution in [-0.2, 0) is 13.1 Å². The Hall–Kier alpha value is -2.22. The van der Waals surface area contributed by atoms with Gasteiger partial charge in [0.1, 0.15) is 0 Å². The smallest absolute Gasteiger partial charge is 0.169 e. The summed E-state index contributed by atoms with van der Waals surface area (Å²) in [5.74, 6) is 0. The first-order valence-corrected chi connectivity index (χ1v) is 7.04. The second-order valence-electron chi connectivity index (χ2n) is 4.80. The Labute approximate surface area is 121 Å². The minimum atomic E-state index is 0.986. The maximum Gasteiger partial charge on any atom is 0.169 e. The Kier molecular flexibility index (Phi) is 5.24. The van der Waals surface area contributed by atoms with Crippen molar-refractivity contribution in [2.75, 3.05) is 0 Å². The van der Waals surface area contributed by atoms with Crippen molar-refractivity contribution in [1.29, 1.82) is 0 Å². The molecule has 2 heterocycles. The van der Waals surface area contributed by atoms with Gasteiger partial charge in [-0.25, -0.2) is 9.13 Å². The van der Waals surface area contributed by atoms with E-state index in [0.717, 1.165) is 25.9 Å². The lowest BCUT2D eigenvalue weighted by Crippen LogP contribution is -2.32. The van der Waals surface area contributed by atoms with Crippen molar-refractivity contribution in [3.8, 4) is 11.1 Å². The zero-order valence-corrected chi connectivity index (χ0v) is 11.9. The van der Waals surface area contributed by atoms with E-state index in [1.807, 2.05) is 12.2 Å². The van der Waals surface area contributed by atoms with Crippen LogP contribution in [0.5, 0.6) is 0 Å². The lowest BCUT2D eigenvalue weighted by atomic mass is 10.1. The van der Waals surface area contributed by atoms with Crippen molar-refractivity contribution in [3.05, 3.63) is 74.4 Å². The van der Waals surface area contributed by atoms with Crippen molar-refractivity contribution in [2.24, 2.45) is 0 Å². The maximum absolute atomic E-state index is 3.75. The molecule has 0 spiro atoms. The molecule has 2 aromatic heterocycles. The number of hydrogen-bond donors (Lipinski definition) is 0. The summed E-state index contributed by atoms with van der Waals surface area (Å²) in [4.78, 5) is 0. The Bertz CT molecular complexity index is 499. The Balaban J connectivity index is 2.06. The highest BCUT2D eigenvalue weighted by Gasteiger charge is 2.04. The Morgan fingerprint density at radius 2 is 1.05 bits per heavy atom. The van der Waals surface area contributed by atoms with E-state index in [9.17, 15) is 0 Å². The van der Waals surface area contributed by atoms with Crippen LogP contribution >= 0.6 is 0 Å². The minimum Gasteiger partial charge on any atom is -0.205 e. The van der Waals surface area contributed by atoms with E-state index in [2.05, 4.69) is 71.3 Å². The summed E-state index contributed by atoms with van der Waals surface area (Å²) in [5.41, 5.74) is 2.49.